The van der Waals surface area contributed by atoms with Crippen molar-refractivity contribution >= 4 is 27.9 Å². The van der Waals surface area contributed by atoms with Crippen molar-refractivity contribution in [1.29, 1.82) is 0 Å². The molecule has 1 N–H and O–H groups in total. The van der Waals surface area contributed by atoms with Crippen LogP contribution in [0.5, 0.6) is 0 Å². The van der Waals surface area contributed by atoms with Gasteiger partial charge in [-0.1, -0.05) is 18.2 Å². The normalized spacial score (nSPS) is 12.3. The number of oxazole rings is 1. The van der Waals surface area contributed by atoms with Crippen molar-refractivity contribution in [2.45, 2.75) is 32.9 Å². The molecule has 30 heavy (non-hydrogen) atoms. The second kappa shape index (κ2) is 7.94. The maximum absolute atomic E-state index is 12.8. The van der Waals surface area contributed by atoms with Crippen LogP contribution < -0.4 is 16.6 Å². The van der Waals surface area contributed by atoms with Crippen molar-refractivity contribution in [2.75, 3.05) is 6.54 Å². The first-order valence-corrected chi connectivity index (χ1v) is 9.73. The van der Waals surface area contributed by atoms with Gasteiger partial charge in [-0.3, -0.25) is 14.2 Å². The Morgan fingerprint density at radius 3 is 2.70 bits per heavy atom. The van der Waals surface area contributed by atoms with Crippen molar-refractivity contribution < 1.29 is 9.21 Å². The monoisotopic (exact) mass is 407 g/mol. The van der Waals surface area contributed by atoms with Crippen LogP contribution in [0.3, 0.4) is 0 Å². The molecule has 0 saturated carbocycles. The highest BCUT2D eigenvalue weighted by atomic mass is 16.4. The SMILES string of the molecule is CCn1nc([C@@H](C)C(=O)NCCn2c(=O)oc3cccnc32)c2ccccc2c1=O. The second-order valence-electron chi connectivity index (χ2n) is 6.91. The van der Waals surface area contributed by atoms with E-state index >= 15 is 0 Å². The summed E-state index contributed by atoms with van der Waals surface area (Å²) < 4.78 is 7.89. The standard InChI is InChI=1S/C21H21N5O4/c1-3-26-20(28)15-8-5-4-7-14(15)17(24-26)13(2)19(27)23-11-12-25-18-16(30-21(25)29)9-6-10-22-18/h4-10,13H,3,11-12H2,1-2H3,(H,23,27)/t13-/m1/s1. The fourth-order valence-corrected chi connectivity index (χ4v) is 3.46. The minimum absolute atomic E-state index is 0.178. The van der Waals surface area contributed by atoms with Gasteiger partial charge in [0.15, 0.2) is 11.2 Å². The van der Waals surface area contributed by atoms with Gasteiger partial charge in [0.2, 0.25) is 5.91 Å². The van der Waals surface area contributed by atoms with E-state index in [0.29, 0.717) is 34.2 Å². The molecule has 4 rings (SSSR count). The molecule has 154 valence electrons. The molecule has 0 aliphatic carbocycles. The fraction of sp³-hybridized carbons (Fsp3) is 0.286. The summed E-state index contributed by atoms with van der Waals surface area (Å²) in [5.74, 6) is -1.35. The van der Waals surface area contributed by atoms with Crippen LogP contribution in [0.2, 0.25) is 0 Å². The Bertz CT molecular complexity index is 1350. The van der Waals surface area contributed by atoms with Crippen LogP contribution >= 0.6 is 0 Å². The molecule has 1 aromatic carbocycles. The number of aryl methyl sites for hydroxylation is 1. The maximum Gasteiger partial charge on any atom is 0.421 e. The van der Waals surface area contributed by atoms with E-state index in [1.165, 1.54) is 9.25 Å². The third kappa shape index (κ3) is 3.38. The number of amides is 1. The third-order valence-corrected chi connectivity index (χ3v) is 5.06. The zero-order chi connectivity index (χ0) is 21.3. The lowest BCUT2D eigenvalue weighted by Gasteiger charge is -2.15. The smallest absolute Gasteiger partial charge is 0.406 e. The zero-order valence-electron chi connectivity index (χ0n) is 16.7. The first-order valence-electron chi connectivity index (χ1n) is 9.73. The summed E-state index contributed by atoms with van der Waals surface area (Å²) in [6.07, 6.45) is 1.58. The number of fused-ring (bicyclic) bond motifs is 2. The predicted molar refractivity (Wildman–Crippen MR) is 111 cm³/mol. The average Bonchev–Trinajstić information content (AvgIpc) is 3.09. The molecule has 1 amide bonds. The summed E-state index contributed by atoms with van der Waals surface area (Å²) in [5.41, 5.74) is 1.20. The molecular formula is C21H21N5O4. The van der Waals surface area contributed by atoms with E-state index < -0.39 is 11.7 Å². The number of carbonyl (C=O) groups excluding carboxylic acids is 1. The quantitative estimate of drug-likeness (QED) is 0.520. The lowest BCUT2D eigenvalue weighted by atomic mass is 10.0. The Hall–Kier alpha value is -3.75. The Balaban J connectivity index is 1.54. The summed E-state index contributed by atoms with van der Waals surface area (Å²) in [7, 11) is 0. The van der Waals surface area contributed by atoms with E-state index in [1.54, 1.807) is 43.5 Å². The number of pyridine rings is 1. The second-order valence-corrected chi connectivity index (χ2v) is 6.91. The van der Waals surface area contributed by atoms with Gasteiger partial charge in [0.1, 0.15) is 0 Å². The summed E-state index contributed by atoms with van der Waals surface area (Å²) in [6, 6.07) is 10.5. The first-order chi connectivity index (χ1) is 14.5. The minimum atomic E-state index is -0.579. The van der Waals surface area contributed by atoms with Crippen molar-refractivity contribution in [2.24, 2.45) is 0 Å². The molecule has 0 bridgehead atoms. The third-order valence-electron chi connectivity index (χ3n) is 5.06. The van der Waals surface area contributed by atoms with E-state index in [2.05, 4.69) is 15.4 Å². The molecule has 3 aromatic heterocycles. The van der Waals surface area contributed by atoms with Gasteiger partial charge in [-0.2, -0.15) is 5.10 Å². The first kappa shape index (κ1) is 19.6. The Labute approximate surface area is 171 Å². The lowest BCUT2D eigenvalue weighted by Crippen LogP contribution is -2.34. The van der Waals surface area contributed by atoms with Gasteiger partial charge in [0, 0.05) is 31.2 Å². The molecular weight excluding hydrogens is 386 g/mol. The highest BCUT2D eigenvalue weighted by Gasteiger charge is 2.21. The zero-order valence-corrected chi connectivity index (χ0v) is 16.7. The summed E-state index contributed by atoms with van der Waals surface area (Å²) in [4.78, 5) is 41.5. The topological polar surface area (TPSA) is 112 Å². The van der Waals surface area contributed by atoms with E-state index in [9.17, 15) is 14.4 Å². The molecule has 0 saturated heterocycles. The molecule has 9 nitrogen and oxygen atoms in total. The van der Waals surface area contributed by atoms with Crippen LogP contribution in [-0.4, -0.2) is 31.8 Å². The highest BCUT2D eigenvalue weighted by molar-refractivity contribution is 5.91. The number of nitrogens with one attached hydrogen (secondary N) is 1. The number of nitrogens with zero attached hydrogens (tertiary/aromatic N) is 4. The Morgan fingerprint density at radius 2 is 1.93 bits per heavy atom. The van der Waals surface area contributed by atoms with Crippen molar-refractivity contribution in [3.05, 3.63) is 69.2 Å². The van der Waals surface area contributed by atoms with E-state index in [4.69, 9.17) is 4.42 Å². The maximum atomic E-state index is 12.8. The Kier molecular flexibility index (Phi) is 5.18. The van der Waals surface area contributed by atoms with Crippen LogP contribution in [0.25, 0.3) is 22.0 Å². The van der Waals surface area contributed by atoms with Gasteiger partial charge in [0.05, 0.1) is 17.0 Å². The van der Waals surface area contributed by atoms with Crippen LogP contribution in [0, 0.1) is 0 Å². The molecule has 1 atom stereocenters. The lowest BCUT2D eigenvalue weighted by molar-refractivity contribution is -0.122. The molecule has 0 aliphatic heterocycles. The molecule has 0 fully saturated rings. The van der Waals surface area contributed by atoms with Gasteiger partial charge < -0.3 is 9.73 Å². The highest BCUT2D eigenvalue weighted by Crippen LogP contribution is 2.21. The molecule has 0 radical (unpaired) electrons. The summed E-state index contributed by atoms with van der Waals surface area (Å²) in [6.45, 7) is 4.44. The van der Waals surface area contributed by atoms with Gasteiger partial charge in [0.25, 0.3) is 5.56 Å². The minimum Gasteiger partial charge on any atom is -0.406 e. The molecule has 4 aromatic rings. The molecule has 9 heteroatoms. The van der Waals surface area contributed by atoms with E-state index in [-0.39, 0.29) is 24.6 Å². The molecule has 0 unspecified atom stereocenters. The number of hydrogen-bond donors (Lipinski definition) is 1. The Morgan fingerprint density at radius 1 is 1.17 bits per heavy atom. The van der Waals surface area contributed by atoms with Crippen molar-refractivity contribution in [1.82, 2.24) is 24.6 Å². The number of aromatic nitrogens is 4. The predicted octanol–water partition coefficient (Wildman–Crippen LogP) is 1.64. The largest absolute Gasteiger partial charge is 0.421 e. The van der Waals surface area contributed by atoms with Crippen molar-refractivity contribution in [3.63, 3.8) is 0 Å². The summed E-state index contributed by atoms with van der Waals surface area (Å²) in [5, 5.41) is 8.45. The van der Waals surface area contributed by atoms with Crippen LogP contribution in [0.1, 0.15) is 25.5 Å². The fourth-order valence-electron chi connectivity index (χ4n) is 3.46. The van der Waals surface area contributed by atoms with Crippen molar-refractivity contribution in [3.8, 4) is 0 Å². The van der Waals surface area contributed by atoms with Crippen LogP contribution in [0.4, 0.5) is 0 Å². The van der Waals surface area contributed by atoms with E-state index in [1.807, 2.05) is 13.0 Å². The number of benzene rings is 1. The van der Waals surface area contributed by atoms with Gasteiger partial charge in [-0.25, -0.2) is 14.5 Å². The van der Waals surface area contributed by atoms with Crippen LogP contribution in [-0.2, 0) is 17.9 Å². The molecule has 0 aliphatic rings. The van der Waals surface area contributed by atoms with E-state index in [0.717, 1.165) is 0 Å². The molecule has 0 spiro atoms. The van der Waals surface area contributed by atoms with Gasteiger partial charge in [-0.15, -0.1) is 0 Å². The van der Waals surface area contributed by atoms with Crippen LogP contribution in [0.15, 0.2) is 56.6 Å². The number of carbonyl (C=O) groups is 1. The van der Waals surface area contributed by atoms with Gasteiger partial charge in [-0.05, 0) is 32.0 Å². The van der Waals surface area contributed by atoms with Gasteiger partial charge >= 0.3 is 5.76 Å². The number of hydrogen-bond acceptors (Lipinski definition) is 6. The molecule has 3 heterocycles. The number of rotatable bonds is 6. The average molecular weight is 407 g/mol. The summed E-state index contributed by atoms with van der Waals surface area (Å²) >= 11 is 0.